The quantitative estimate of drug-likeness (QED) is 0.801. The first-order valence-electron chi connectivity index (χ1n) is 7.26. The smallest absolute Gasteiger partial charge is 0.488 e. The van der Waals surface area contributed by atoms with Crippen molar-refractivity contribution in [2.45, 2.75) is 45.3 Å². The molecular weight excluding hydrogens is 255 g/mol. The highest BCUT2D eigenvalue weighted by Gasteiger charge is 2.23. The predicted molar refractivity (Wildman–Crippen MR) is 79.0 cm³/mol. The molecule has 2 unspecified atom stereocenters. The summed E-state index contributed by atoms with van der Waals surface area (Å²) in [7, 11) is 0.112. The molecule has 2 rings (SSSR count). The largest absolute Gasteiger partial charge is 0.497 e. The van der Waals surface area contributed by atoms with Crippen molar-refractivity contribution in [3.8, 4) is 5.75 Å². The molecule has 0 aromatic heterocycles. The summed E-state index contributed by atoms with van der Waals surface area (Å²) in [6.07, 6.45) is 5.04. The Bertz CT molecular complexity index is 436. The molecule has 110 valence electrons. The lowest BCUT2D eigenvalue weighted by Gasteiger charge is -2.29. The molecular formula is C15H23BO4. The summed E-state index contributed by atoms with van der Waals surface area (Å²) < 4.78 is 11.2. The maximum atomic E-state index is 9.42. The standard InChI is InChI=1S/C15H23BO4/c1-11-5-3-4-6-15(11)20-10-12-9-13(19-2)7-8-14(12)16(17)18/h7-9,11,15,17-18H,3-6,10H2,1-2H3. The monoisotopic (exact) mass is 278 g/mol. The molecule has 1 fully saturated rings. The van der Waals surface area contributed by atoms with Gasteiger partial charge in [0, 0.05) is 0 Å². The molecule has 1 aromatic rings. The molecule has 0 amide bonds. The van der Waals surface area contributed by atoms with Crippen molar-refractivity contribution >= 4 is 12.6 Å². The molecule has 0 radical (unpaired) electrons. The fourth-order valence-corrected chi connectivity index (χ4v) is 2.81. The summed E-state index contributed by atoms with van der Waals surface area (Å²) in [5.74, 6) is 1.27. The van der Waals surface area contributed by atoms with Gasteiger partial charge in [-0.25, -0.2) is 0 Å². The Labute approximate surface area is 120 Å². The predicted octanol–water partition coefficient (Wildman–Crippen LogP) is 1.47. The van der Waals surface area contributed by atoms with Crippen LogP contribution in [0, 0.1) is 5.92 Å². The summed E-state index contributed by atoms with van der Waals surface area (Å²) in [5, 5.41) is 18.8. The first-order chi connectivity index (χ1) is 9.61. The number of hydrogen-bond donors (Lipinski definition) is 2. The zero-order valence-electron chi connectivity index (χ0n) is 12.2. The summed E-state index contributed by atoms with van der Waals surface area (Å²) in [6, 6.07) is 5.20. The number of benzene rings is 1. The second kappa shape index (κ2) is 7.11. The zero-order chi connectivity index (χ0) is 14.5. The van der Waals surface area contributed by atoms with E-state index in [4.69, 9.17) is 9.47 Å². The van der Waals surface area contributed by atoms with Crippen LogP contribution in [0.5, 0.6) is 5.75 Å². The molecule has 0 aliphatic heterocycles. The Balaban J connectivity index is 2.06. The van der Waals surface area contributed by atoms with Crippen LogP contribution in [0.15, 0.2) is 18.2 Å². The molecule has 0 saturated heterocycles. The zero-order valence-corrected chi connectivity index (χ0v) is 12.2. The van der Waals surface area contributed by atoms with Crippen LogP contribution in [0.1, 0.15) is 38.2 Å². The van der Waals surface area contributed by atoms with E-state index in [2.05, 4.69) is 6.92 Å². The molecule has 1 aliphatic rings. The van der Waals surface area contributed by atoms with Crippen molar-refractivity contribution in [3.05, 3.63) is 23.8 Å². The van der Waals surface area contributed by atoms with Crippen molar-refractivity contribution in [2.75, 3.05) is 7.11 Å². The van der Waals surface area contributed by atoms with Gasteiger partial charge in [0.1, 0.15) is 5.75 Å². The van der Waals surface area contributed by atoms with E-state index in [0.29, 0.717) is 23.7 Å². The number of methoxy groups -OCH3 is 1. The lowest BCUT2D eigenvalue weighted by atomic mass is 9.77. The van der Waals surface area contributed by atoms with Gasteiger partial charge in [-0.15, -0.1) is 0 Å². The molecule has 2 atom stereocenters. The Morgan fingerprint density at radius 1 is 1.25 bits per heavy atom. The van der Waals surface area contributed by atoms with Gasteiger partial charge in [-0.3, -0.25) is 0 Å². The van der Waals surface area contributed by atoms with Crippen LogP contribution in [0.2, 0.25) is 0 Å². The summed E-state index contributed by atoms with van der Waals surface area (Å²) in [6.45, 7) is 2.61. The van der Waals surface area contributed by atoms with Gasteiger partial charge in [-0.1, -0.05) is 25.8 Å². The van der Waals surface area contributed by atoms with E-state index in [1.165, 1.54) is 19.3 Å². The molecule has 1 aliphatic carbocycles. The molecule has 4 nitrogen and oxygen atoms in total. The lowest BCUT2D eigenvalue weighted by molar-refractivity contribution is -0.0152. The van der Waals surface area contributed by atoms with Gasteiger partial charge in [0.25, 0.3) is 0 Å². The third-order valence-corrected chi connectivity index (χ3v) is 4.11. The minimum atomic E-state index is -1.48. The molecule has 1 saturated carbocycles. The highest BCUT2D eigenvalue weighted by molar-refractivity contribution is 6.59. The van der Waals surface area contributed by atoms with Crippen LogP contribution in [-0.4, -0.2) is 30.4 Å². The Hall–Kier alpha value is -1.04. The van der Waals surface area contributed by atoms with Gasteiger partial charge in [0.15, 0.2) is 0 Å². The molecule has 5 heteroatoms. The van der Waals surface area contributed by atoms with Gasteiger partial charge < -0.3 is 19.5 Å². The van der Waals surface area contributed by atoms with Crippen LogP contribution < -0.4 is 10.2 Å². The average molecular weight is 278 g/mol. The fraction of sp³-hybridized carbons (Fsp3) is 0.600. The second-order valence-corrected chi connectivity index (χ2v) is 5.55. The molecule has 1 aromatic carbocycles. The normalized spacial score (nSPS) is 22.6. The Kier molecular flexibility index (Phi) is 5.46. The maximum Gasteiger partial charge on any atom is 0.488 e. The summed E-state index contributed by atoms with van der Waals surface area (Å²) in [4.78, 5) is 0. The third-order valence-electron chi connectivity index (χ3n) is 4.11. The minimum absolute atomic E-state index is 0.263. The second-order valence-electron chi connectivity index (χ2n) is 5.55. The number of rotatable bonds is 5. The van der Waals surface area contributed by atoms with Crippen LogP contribution in [0.4, 0.5) is 0 Å². The third kappa shape index (κ3) is 3.75. The topological polar surface area (TPSA) is 58.9 Å². The van der Waals surface area contributed by atoms with Crippen molar-refractivity contribution < 1.29 is 19.5 Å². The SMILES string of the molecule is COc1ccc(B(O)O)c(COC2CCCCC2C)c1. The van der Waals surface area contributed by atoms with E-state index in [0.717, 1.165) is 12.0 Å². The highest BCUT2D eigenvalue weighted by atomic mass is 16.5. The first-order valence-corrected chi connectivity index (χ1v) is 7.26. The molecule has 0 heterocycles. The Morgan fingerprint density at radius 3 is 2.65 bits per heavy atom. The van der Waals surface area contributed by atoms with Gasteiger partial charge in [-0.2, -0.15) is 0 Å². The molecule has 0 spiro atoms. The van der Waals surface area contributed by atoms with Crippen molar-refractivity contribution in [1.82, 2.24) is 0 Å². The summed E-state index contributed by atoms with van der Waals surface area (Å²) >= 11 is 0. The average Bonchev–Trinajstić information content (AvgIpc) is 2.46. The van der Waals surface area contributed by atoms with Gasteiger partial charge in [-0.05, 0) is 41.9 Å². The van der Waals surface area contributed by atoms with E-state index in [9.17, 15) is 10.0 Å². The lowest BCUT2D eigenvalue weighted by Crippen LogP contribution is -2.34. The molecule has 0 bridgehead atoms. The highest BCUT2D eigenvalue weighted by Crippen LogP contribution is 2.27. The van der Waals surface area contributed by atoms with Crippen molar-refractivity contribution in [2.24, 2.45) is 5.92 Å². The van der Waals surface area contributed by atoms with E-state index >= 15 is 0 Å². The fourth-order valence-electron chi connectivity index (χ4n) is 2.81. The minimum Gasteiger partial charge on any atom is -0.497 e. The van der Waals surface area contributed by atoms with Crippen LogP contribution >= 0.6 is 0 Å². The van der Waals surface area contributed by atoms with E-state index in [1.54, 1.807) is 19.2 Å². The summed E-state index contributed by atoms with van der Waals surface area (Å²) in [5.41, 5.74) is 1.26. The van der Waals surface area contributed by atoms with E-state index < -0.39 is 7.12 Å². The van der Waals surface area contributed by atoms with Crippen LogP contribution in [0.25, 0.3) is 0 Å². The Morgan fingerprint density at radius 2 is 2.00 bits per heavy atom. The maximum absolute atomic E-state index is 9.42. The first kappa shape index (κ1) is 15.4. The van der Waals surface area contributed by atoms with Gasteiger partial charge in [0.05, 0.1) is 19.8 Å². The number of hydrogen-bond acceptors (Lipinski definition) is 4. The van der Waals surface area contributed by atoms with Crippen molar-refractivity contribution in [1.29, 1.82) is 0 Å². The van der Waals surface area contributed by atoms with Crippen molar-refractivity contribution in [3.63, 3.8) is 0 Å². The van der Waals surface area contributed by atoms with Crippen LogP contribution in [-0.2, 0) is 11.3 Å². The van der Waals surface area contributed by atoms with Gasteiger partial charge in [0.2, 0.25) is 0 Å². The molecule has 2 N–H and O–H groups in total. The van der Waals surface area contributed by atoms with Crippen LogP contribution in [0.3, 0.4) is 0 Å². The number of ether oxygens (including phenoxy) is 2. The van der Waals surface area contributed by atoms with E-state index in [-0.39, 0.29) is 6.10 Å². The van der Waals surface area contributed by atoms with E-state index in [1.807, 2.05) is 6.07 Å². The van der Waals surface area contributed by atoms with Gasteiger partial charge >= 0.3 is 7.12 Å². The molecule has 20 heavy (non-hydrogen) atoms.